The molecule has 1 aliphatic carbocycles. The number of ketones is 1. The summed E-state index contributed by atoms with van der Waals surface area (Å²) in [6.07, 6.45) is 8.08. The fourth-order valence-corrected chi connectivity index (χ4v) is 5.70. The normalized spacial score (nSPS) is 18.3. The molecule has 1 saturated heterocycles. The molecule has 2 aliphatic rings. The molecule has 1 aromatic rings. The van der Waals surface area contributed by atoms with Crippen LogP contribution >= 0.6 is 0 Å². The van der Waals surface area contributed by atoms with E-state index in [0.717, 1.165) is 56.9 Å². The van der Waals surface area contributed by atoms with Crippen molar-refractivity contribution in [2.45, 2.75) is 98.8 Å². The van der Waals surface area contributed by atoms with E-state index < -0.39 is 0 Å². The maximum atomic E-state index is 13.8. The van der Waals surface area contributed by atoms with E-state index in [0.29, 0.717) is 37.4 Å². The van der Waals surface area contributed by atoms with Crippen LogP contribution in [0.5, 0.6) is 0 Å². The molecule has 0 saturated carbocycles. The van der Waals surface area contributed by atoms with E-state index in [-0.39, 0.29) is 23.1 Å². The van der Waals surface area contributed by atoms with Crippen LogP contribution in [0.25, 0.3) is 5.57 Å². The number of carbonyl (C=O) groups excluding carboxylic acids is 2. The lowest BCUT2D eigenvalue weighted by Crippen LogP contribution is -2.37. The van der Waals surface area contributed by atoms with Gasteiger partial charge < -0.3 is 9.47 Å². The van der Waals surface area contributed by atoms with Crippen molar-refractivity contribution in [3.05, 3.63) is 40.1 Å². The minimum absolute atomic E-state index is 0.106. The average Bonchev–Trinajstić information content (AvgIpc) is 2.79. The number of carbonyl (C=O) groups is 2. The van der Waals surface area contributed by atoms with Crippen LogP contribution in [0.2, 0.25) is 0 Å². The minimum atomic E-state index is -0.161. The first kappa shape index (κ1) is 25.7. The predicted octanol–water partition coefficient (Wildman–Crippen LogP) is 6.75. The fourth-order valence-electron chi connectivity index (χ4n) is 5.70. The zero-order valence-electron chi connectivity index (χ0n) is 21.4. The molecule has 1 aliphatic heterocycles. The molecule has 1 aromatic carbocycles. The Morgan fingerprint density at radius 3 is 2.09 bits per heavy atom. The molecule has 0 N–H and O–H groups in total. The Hall–Kier alpha value is -1.94. The van der Waals surface area contributed by atoms with Gasteiger partial charge in [0.25, 0.3) is 0 Å². The summed E-state index contributed by atoms with van der Waals surface area (Å²) in [6, 6.07) is 4.37. The van der Waals surface area contributed by atoms with Crippen LogP contribution in [0, 0.1) is 18.3 Å². The second-order valence-corrected chi connectivity index (χ2v) is 10.0. The van der Waals surface area contributed by atoms with Gasteiger partial charge in [-0.15, -0.1) is 0 Å². The van der Waals surface area contributed by atoms with Gasteiger partial charge in [-0.2, -0.15) is 0 Å². The van der Waals surface area contributed by atoms with Crippen LogP contribution in [0.1, 0.15) is 101 Å². The molecule has 0 atom stereocenters. The molecule has 0 aromatic heterocycles. The Kier molecular flexibility index (Phi) is 8.92. The number of rotatable bonds is 9. The van der Waals surface area contributed by atoms with Crippen LogP contribution in [-0.2, 0) is 31.9 Å². The first-order valence-corrected chi connectivity index (χ1v) is 13.1. The molecule has 1 heterocycles. The van der Waals surface area contributed by atoms with Gasteiger partial charge in [0, 0.05) is 26.1 Å². The summed E-state index contributed by atoms with van der Waals surface area (Å²) in [5.41, 5.74) is 5.09. The van der Waals surface area contributed by atoms with Crippen LogP contribution in [0.4, 0.5) is 0 Å². The van der Waals surface area contributed by atoms with Gasteiger partial charge in [0.2, 0.25) is 0 Å². The molecular weight excluding hydrogens is 412 g/mol. The van der Waals surface area contributed by atoms with Crippen LogP contribution in [0.15, 0.2) is 17.9 Å². The lowest BCUT2D eigenvalue weighted by Gasteiger charge is -2.41. The molecule has 1 fully saturated rings. The van der Waals surface area contributed by atoms with E-state index >= 15 is 0 Å². The maximum Gasteiger partial charge on any atom is 0.314 e. The third-order valence-corrected chi connectivity index (χ3v) is 7.47. The first-order valence-electron chi connectivity index (χ1n) is 13.1. The number of esters is 1. The van der Waals surface area contributed by atoms with Gasteiger partial charge >= 0.3 is 5.97 Å². The van der Waals surface area contributed by atoms with E-state index in [1.165, 1.54) is 16.7 Å². The topological polar surface area (TPSA) is 52.6 Å². The number of hydrogen-bond acceptors (Lipinski definition) is 4. The molecule has 182 valence electrons. The Morgan fingerprint density at radius 2 is 1.58 bits per heavy atom. The number of Topliss-reactive ketones (excluding diaryl/α,β-unsaturated/α-hetero) is 1. The van der Waals surface area contributed by atoms with Crippen LogP contribution in [-0.4, -0.2) is 25.0 Å². The Balaban J connectivity index is 2.13. The van der Waals surface area contributed by atoms with E-state index in [1.54, 1.807) is 0 Å². The number of aryl methyl sites for hydroxylation is 3. The largest absolute Gasteiger partial charge is 0.430 e. The van der Waals surface area contributed by atoms with Crippen molar-refractivity contribution in [3.63, 3.8) is 0 Å². The number of allylic oxidation sites excluding steroid dienone is 2. The van der Waals surface area contributed by atoms with Crippen molar-refractivity contribution >= 4 is 17.3 Å². The number of benzene rings is 1. The second-order valence-electron chi connectivity index (χ2n) is 10.0. The molecule has 0 amide bonds. The third-order valence-electron chi connectivity index (χ3n) is 7.47. The molecule has 0 unspecified atom stereocenters. The highest BCUT2D eigenvalue weighted by molar-refractivity contribution is 6.23. The fraction of sp³-hybridized carbons (Fsp3) is 0.655. The van der Waals surface area contributed by atoms with E-state index in [9.17, 15) is 9.59 Å². The van der Waals surface area contributed by atoms with E-state index in [1.807, 2.05) is 0 Å². The summed E-state index contributed by atoms with van der Waals surface area (Å²) in [5.74, 6) is 0.474. The molecule has 1 spiro atoms. The molecule has 3 rings (SSSR count). The number of hydrogen-bond donors (Lipinski definition) is 0. The van der Waals surface area contributed by atoms with Crippen molar-refractivity contribution in [2.75, 3.05) is 13.2 Å². The van der Waals surface area contributed by atoms with Gasteiger partial charge in [-0.3, -0.25) is 9.59 Å². The highest BCUT2D eigenvalue weighted by atomic mass is 16.5. The third kappa shape index (κ3) is 5.77. The molecule has 4 heteroatoms. The van der Waals surface area contributed by atoms with Crippen molar-refractivity contribution in [2.24, 2.45) is 11.3 Å². The average molecular weight is 455 g/mol. The summed E-state index contributed by atoms with van der Waals surface area (Å²) >= 11 is 0. The standard InChI is InChI=1S/C29H42O4/c1-6-10-23(11-7-2)28(31)33-25-19-29(12-14-32-15-13-29)18-24(30)27(25)26-21(8-3)16-20(5)17-22(26)9-4/h16-17,23H,6-15,18-19H2,1-5H3. The first-order chi connectivity index (χ1) is 15.9. The van der Waals surface area contributed by atoms with E-state index in [2.05, 4.69) is 46.8 Å². The van der Waals surface area contributed by atoms with Crippen LogP contribution < -0.4 is 0 Å². The smallest absolute Gasteiger partial charge is 0.314 e. The summed E-state index contributed by atoms with van der Waals surface area (Å²) in [4.78, 5) is 27.1. The lowest BCUT2D eigenvalue weighted by molar-refractivity contribution is -0.146. The van der Waals surface area contributed by atoms with Crippen molar-refractivity contribution in [1.29, 1.82) is 0 Å². The van der Waals surface area contributed by atoms with Gasteiger partial charge in [-0.25, -0.2) is 0 Å². The van der Waals surface area contributed by atoms with Gasteiger partial charge in [-0.05, 0) is 67.6 Å². The predicted molar refractivity (Wildman–Crippen MR) is 133 cm³/mol. The van der Waals surface area contributed by atoms with Crippen molar-refractivity contribution in [3.8, 4) is 0 Å². The zero-order chi connectivity index (χ0) is 24.0. The van der Waals surface area contributed by atoms with Gasteiger partial charge in [0.05, 0.1) is 11.5 Å². The van der Waals surface area contributed by atoms with E-state index in [4.69, 9.17) is 9.47 Å². The van der Waals surface area contributed by atoms with Crippen molar-refractivity contribution in [1.82, 2.24) is 0 Å². The summed E-state index contributed by atoms with van der Waals surface area (Å²) < 4.78 is 11.8. The van der Waals surface area contributed by atoms with Gasteiger partial charge in [0.1, 0.15) is 5.76 Å². The van der Waals surface area contributed by atoms with Crippen LogP contribution in [0.3, 0.4) is 0 Å². The molecular formula is C29H42O4. The highest BCUT2D eigenvalue weighted by Crippen LogP contribution is 2.48. The van der Waals surface area contributed by atoms with Gasteiger partial charge in [0.15, 0.2) is 5.78 Å². The quantitative estimate of drug-likeness (QED) is 0.387. The minimum Gasteiger partial charge on any atom is -0.430 e. The molecule has 33 heavy (non-hydrogen) atoms. The summed E-state index contributed by atoms with van der Waals surface area (Å²) in [6.45, 7) is 11.9. The lowest BCUT2D eigenvalue weighted by atomic mass is 9.67. The Morgan fingerprint density at radius 1 is 1.00 bits per heavy atom. The Labute approximate surface area is 200 Å². The summed E-state index contributed by atoms with van der Waals surface area (Å²) in [5, 5.41) is 0. The zero-order valence-corrected chi connectivity index (χ0v) is 21.4. The van der Waals surface area contributed by atoms with Crippen molar-refractivity contribution < 1.29 is 19.1 Å². The number of ether oxygens (including phenoxy) is 2. The second kappa shape index (κ2) is 11.5. The molecule has 0 bridgehead atoms. The monoisotopic (exact) mass is 454 g/mol. The maximum absolute atomic E-state index is 13.8. The molecule has 4 nitrogen and oxygen atoms in total. The SMILES string of the molecule is CCCC(CCC)C(=O)OC1=C(c2c(CC)cc(C)cc2CC)C(=O)CC2(CCOCC2)C1. The Bertz CT molecular complexity index is 858. The highest BCUT2D eigenvalue weighted by Gasteiger charge is 2.43. The molecule has 0 radical (unpaired) electrons. The summed E-state index contributed by atoms with van der Waals surface area (Å²) in [7, 11) is 0. The van der Waals surface area contributed by atoms with Gasteiger partial charge in [-0.1, -0.05) is 58.2 Å².